The second-order valence-electron chi connectivity index (χ2n) is 8.93. The van der Waals surface area contributed by atoms with E-state index < -0.39 is 9.84 Å². The summed E-state index contributed by atoms with van der Waals surface area (Å²) in [6.07, 6.45) is 6.86. The van der Waals surface area contributed by atoms with E-state index in [-0.39, 0.29) is 40.8 Å². The predicted molar refractivity (Wildman–Crippen MR) is 119 cm³/mol. The zero-order valence-corrected chi connectivity index (χ0v) is 19.7. The number of nitrogens with zero attached hydrogens (tertiary/aromatic N) is 1. The Morgan fingerprint density at radius 1 is 1.17 bits per heavy atom. The van der Waals surface area contributed by atoms with Crippen molar-refractivity contribution in [3.05, 3.63) is 22.2 Å². The summed E-state index contributed by atoms with van der Waals surface area (Å²) >= 11 is 3.40. The highest BCUT2D eigenvalue weighted by atomic mass is 79.9. The van der Waals surface area contributed by atoms with Gasteiger partial charge in [-0.2, -0.15) is 0 Å². The van der Waals surface area contributed by atoms with Crippen LogP contribution in [0.25, 0.3) is 0 Å². The molecule has 2 saturated carbocycles. The van der Waals surface area contributed by atoms with E-state index in [4.69, 9.17) is 0 Å². The maximum atomic E-state index is 13.0. The van der Waals surface area contributed by atoms with Crippen molar-refractivity contribution in [2.24, 2.45) is 11.8 Å². The number of halogens is 1. The van der Waals surface area contributed by atoms with Crippen LogP contribution in [0.3, 0.4) is 0 Å². The standard InChI is InChI=1S/C22H29BrN2O4S/c1-14-4-2-3-5-18(14)24-21(26)9-11-30(28,29)20-13-19-16(12-17(20)23)8-10-25(19)22(27)15-6-7-15/h12-15,18H,2-11H2,1H3,(H,24,26)/t14-,18-/m1/s1. The van der Waals surface area contributed by atoms with Gasteiger partial charge in [-0.25, -0.2) is 8.42 Å². The number of sulfone groups is 1. The Labute approximate surface area is 186 Å². The Morgan fingerprint density at radius 3 is 2.60 bits per heavy atom. The van der Waals surface area contributed by atoms with Gasteiger partial charge < -0.3 is 10.2 Å². The van der Waals surface area contributed by atoms with Gasteiger partial charge in [0.2, 0.25) is 11.8 Å². The second kappa shape index (κ2) is 8.61. The second-order valence-corrected chi connectivity index (χ2v) is 11.9. The van der Waals surface area contributed by atoms with Crippen LogP contribution in [0.15, 0.2) is 21.5 Å². The lowest BCUT2D eigenvalue weighted by Crippen LogP contribution is -2.41. The van der Waals surface area contributed by atoms with Crippen LogP contribution < -0.4 is 10.2 Å². The average molecular weight is 497 g/mol. The van der Waals surface area contributed by atoms with Gasteiger partial charge >= 0.3 is 0 Å². The van der Waals surface area contributed by atoms with Gasteiger partial charge in [0.1, 0.15) is 0 Å². The lowest BCUT2D eigenvalue weighted by molar-refractivity contribution is -0.122. The first kappa shape index (κ1) is 21.8. The summed E-state index contributed by atoms with van der Waals surface area (Å²) in [5.41, 5.74) is 1.69. The first-order valence-electron chi connectivity index (χ1n) is 10.9. The predicted octanol–water partition coefficient (Wildman–Crippen LogP) is 3.61. The molecule has 0 aromatic heterocycles. The minimum atomic E-state index is -3.66. The molecule has 1 aromatic carbocycles. The van der Waals surface area contributed by atoms with Crippen LogP contribution in [0.2, 0.25) is 0 Å². The highest BCUT2D eigenvalue weighted by Gasteiger charge is 2.37. The van der Waals surface area contributed by atoms with Crippen molar-refractivity contribution in [1.82, 2.24) is 5.32 Å². The van der Waals surface area contributed by atoms with Crippen LogP contribution in [-0.4, -0.2) is 38.6 Å². The summed E-state index contributed by atoms with van der Waals surface area (Å²) in [6.45, 7) is 2.74. The molecule has 1 N–H and O–H groups in total. The van der Waals surface area contributed by atoms with Gasteiger partial charge in [0.25, 0.3) is 0 Å². The SMILES string of the molecule is C[C@@H]1CCCC[C@H]1NC(=O)CCS(=O)(=O)c1cc2c(cc1Br)CCN2C(=O)C1CC1. The molecule has 1 aliphatic heterocycles. The average Bonchev–Trinajstić information content (AvgIpc) is 3.47. The number of benzene rings is 1. The number of rotatable bonds is 6. The number of hydrogen-bond donors (Lipinski definition) is 1. The van der Waals surface area contributed by atoms with Crippen LogP contribution in [0.5, 0.6) is 0 Å². The topological polar surface area (TPSA) is 83.6 Å². The van der Waals surface area contributed by atoms with Gasteiger partial charge in [-0.15, -0.1) is 0 Å². The number of nitrogens with one attached hydrogen (secondary N) is 1. The molecule has 6 nitrogen and oxygen atoms in total. The van der Waals surface area contributed by atoms with Gasteiger partial charge in [0.05, 0.1) is 10.6 Å². The Bertz CT molecular complexity index is 958. The van der Waals surface area contributed by atoms with Gasteiger partial charge in [-0.3, -0.25) is 9.59 Å². The van der Waals surface area contributed by atoms with Crippen molar-refractivity contribution in [2.45, 2.75) is 69.2 Å². The molecule has 2 amide bonds. The quantitative estimate of drug-likeness (QED) is 0.651. The molecule has 2 aliphatic carbocycles. The van der Waals surface area contributed by atoms with Crippen molar-refractivity contribution in [2.75, 3.05) is 17.2 Å². The molecule has 0 radical (unpaired) electrons. The van der Waals surface area contributed by atoms with E-state index in [0.29, 0.717) is 22.6 Å². The van der Waals surface area contributed by atoms with Crippen molar-refractivity contribution >= 4 is 43.3 Å². The van der Waals surface area contributed by atoms with E-state index in [9.17, 15) is 18.0 Å². The number of amides is 2. The third kappa shape index (κ3) is 4.59. The van der Waals surface area contributed by atoms with Crippen LogP contribution in [0.1, 0.15) is 57.4 Å². The summed E-state index contributed by atoms with van der Waals surface area (Å²) in [7, 11) is -3.66. The fourth-order valence-corrected chi connectivity index (χ4v) is 7.00. The summed E-state index contributed by atoms with van der Waals surface area (Å²) < 4.78 is 26.5. The van der Waals surface area contributed by atoms with Crippen LogP contribution in [0.4, 0.5) is 5.69 Å². The zero-order valence-electron chi connectivity index (χ0n) is 17.3. The summed E-state index contributed by atoms with van der Waals surface area (Å²) in [5.74, 6) is 0.166. The molecule has 0 saturated heterocycles. The lowest BCUT2D eigenvalue weighted by Gasteiger charge is -2.29. The number of anilines is 1. The zero-order chi connectivity index (χ0) is 21.5. The highest BCUT2D eigenvalue weighted by Crippen LogP contribution is 2.39. The fourth-order valence-electron chi connectivity index (χ4n) is 4.55. The summed E-state index contributed by atoms with van der Waals surface area (Å²) in [4.78, 5) is 26.8. The van der Waals surface area contributed by atoms with Crippen molar-refractivity contribution in [1.29, 1.82) is 0 Å². The molecular weight excluding hydrogens is 468 g/mol. The molecule has 0 bridgehead atoms. The van der Waals surface area contributed by atoms with Gasteiger partial charge in [-0.05, 0) is 71.6 Å². The van der Waals surface area contributed by atoms with Crippen molar-refractivity contribution in [3.8, 4) is 0 Å². The molecule has 0 unspecified atom stereocenters. The van der Waals surface area contributed by atoms with E-state index in [2.05, 4.69) is 28.2 Å². The number of carbonyl (C=O) groups is 2. The molecule has 4 rings (SSSR count). The molecule has 1 heterocycles. The minimum absolute atomic E-state index is 0.0558. The Kier molecular flexibility index (Phi) is 6.26. The first-order valence-corrected chi connectivity index (χ1v) is 13.4. The van der Waals surface area contributed by atoms with Crippen LogP contribution in [0, 0.1) is 11.8 Å². The largest absolute Gasteiger partial charge is 0.353 e. The minimum Gasteiger partial charge on any atom is -0.353 e. The molecule has 8 heteroatoms. The molecule has 3 aliphatic rings. The molecule has 2 fully saturated rings. The van der Waals surface area contributed by atoms with E-state index in [0.717, 1.165) is 44.1 Å². The van der Waals surface area contributed by atoms with Gasteiger partial charge in [0, 0.05) is 35.1 Å². The molecule has 0 spiro atoms. The Hall–Kier alpha value is -1.41. The maximum absolute atomic E-state index is 13.0. The summed E-state index contributed by atoms with van der Waals surface area (Å²) in [5, 5.41) is 3.02. The Morgan fingerprint density at radius 2 is 1.90 bits per heavy atom. The van der Waals surface area contributed by atoms with Gasteiger partial charge in [0.15, 0.2) is 9.84 Å². The Balaban J connectivity index is 1.45. The van der Waals surface area contributed by atoms with Crippen molar-refractivity contribution < 1.29 is 18.0 Å². The molecule has 2 atom stereocenters. The van der Waals surface area contributed by atoms with Crippen LogP contribution >= 0.6 is 15.9 Å². The van der Waals surface area contributed by atoms with Crippen molar-refractivity contribution in [3.63, 3.8) is 0 Å². The molecule has 30 heavy (non-hydrogen) atoms. The maximum Gasteiger partial charge on any atom is 0.230 e. The third-order valence-electron chi connectivity index (χ3n) is 6.61. The number of carbonyl (C=O) groups excluding carboxylic acids is 2. The van der Waals surface area contributed by atoms with E-state index in [1.54, 1.807) is 11.0 Å². The highest BCUT2D eigenvalue weighted by molar-refractivity contribution is 9.10. The third-order valence-corrected chi connectivity index (χ3v) is 9.28. The van der Waals surface area contributed by atoms with Crippen LogP contribution in [-0.2, 0) is 25.8 Å². The molecule has 164 valence electrons. The van der Waals surface area contributed by atoms with Gasteiger partial charge in [-0.1, -0.05) is 19.8 Å². The lowest BCUT2D eigenvalue weighted by atomic mass is 9.86. The van der Waals surface area contributed by atoms with E-state index >= 15 is 0 Å². The normalized spacial score (nSPS) is 23.9. The smallest absolute Gasteiger partial charge is 0.230 e. The fraction of sp³-hybridized carbons (Fsp3) is 0.636. The monoisotopic (exact) mass is 496 g/mol. The number of fused-ring (bicyclic) bond motifs is 1. The molecule has 1 aromatic rings. The van der Waals surface area contributed by atoms with E-state index in [1.807, 2.05) is 6.07 Å². The van der Waals surface area contributed by atoms with E-state index in [1.165, 1.54) is 6.42 Å². The summed E-state index contributed by atoms with van der Waals surface area (Å²) in [6, 6.07) is 3.57. The number of hydrogen-bond acceptors (Lipinski definition) is 4. The molecular formula is C22H29BrN2O4S. The first-order chi connectivity index (χ1) is 14.3.